The lowest BCUT2D eigenvalue weighted by atomic mass is 10.2. The molecule has 0 aliphatic rings. The normalized spacial score (nSPS) is 11.3. The van der Waals surface area contributed by atoms with Gasteiger partial charge in [-0.25, -0.2) is 4.79 Å². The lowest BCUT2D eigenvalue weighted by Gasteiger charge is -2.19. The van der Waals surface area contributed by atoms with Crippen LogP contribution in [0.15, 0.2) is 18.2 Å². The molecule has 1 aromatic carbocycles. The lowest BCUT2D eigenvalue weighted by Crippen LogP contribution is -2.27. The first kappa shape index (κ1) is 17.5. The number of aromatic nitrogens is 2. The third-order valence-corrected chi connectivity index (χ3v) is 3.00. The highest BCUT2D eigenvalue weighted by atomic mass is 16.6. The zero-order valence-corrected chi connectivity index (χ0v) is 14.0. The Morgan fingerprint density at radius 1 is 1.29 bits per heavy atom. The smallest absolute Gasteiger partial charge is 0.412 e. The summed E-state index contributed by atoms with van der Waals surface area (Å²) in [5.74, 6) is -0.817. The second kappa shape index (κ2) is 6.31. The van der Waals surface area contributed by atoms with E-state index in [0.29, 0.717) is 16.6 Å². The van der Waals surface area contributed by atoms with Crippen molar-refractivity contribution in [2.24, 2.45) is 5.73 Å². The van der Waals surface area contributed by atoms with Crippen LogP contribution >= 0.6 is 0 Å². The van der Waals surface area contributed by atoms with Crippen LogP contribution in [0.1, 0.15) is 38.2 Å². The maximum atomic E-state index is 11.8. The van der Waals surface area contributed by atoms with Gasteiger partial charge in [-0.3, -0.25) is 19.6 Å². The molecule has 0 bridgehead atoms. The van der Waals surface area contributed by atoms with Gasteiger partial charge in [0.2, 0.25) is 0 Å². The number of fused-ring (bicyclic) bond motifs is 1. The molecule has 2 aromatic rings. The maximum Gasteiger partial charge on any atom is 0.412 e. The highest BCUT2D eigenvalue weighted by Crippen LogP contribution is 2.23. The van der Waals surface area contributed by atoms with Crippen molar-refractivity contribution in [1.29, 1.82) is 0 Å². The number of anilines is 1. The quantitative estimate of drug-likeness (QED) is 0.889. The summed E-state index contributed by atoms with van der Waals surface area (Å²) in [6, 6.07) is 4.86. The summed E-state index contributed by atoms with van der Waals surface area (Å²) >= 11 is 0. The first-order valence-electron chi connectivity index (χ1n) is 7.36. The Morgan fingerprint density at radius 2 is 1.96 bits per heavy atom. The highest BCUT2D eigenvalue weighted by molar-refractivity contribution is 6.05. The monoisotopic (exact) mass is 332 g/mol. The van der Waals surface area contributed by atoms with Gasteiger partial charge in [0.25, 0.3) is 5.91 Å². The van der Waals surface area contributed by atoms with E-state index in [4.69, 9.17) is 10.5 Å². The predicted octanol–water partition coefficient (Wildman–Crippen LogP) is 2.07. The van der Waals surface area contributed by atoms with Crippen LogP contribution in [-0.4, -0.2) is 33.2 Å². The van der Waals surface area contributed by atoms with Gasteiger partial charge >= 0.3 is 6.09 Å². The largest absolute Gasteiger partial charge is 0.444 e. The molecule has 0 spiro atoms. The number of ether oxygens (including phenoxy) is 1. The average molecular weight is 332 g/mol. The van der Waals surface area contributed by atoms with Gasteiger partial charge in [-0.1, -0.05) is 0 Å². The molecule has 24 heavy (non-hydrogen) atoms. The van der Waals surface area contributed by atoms with Gasteiger partial charge in [0, 0.05) is 11.1 Å². The van der Waals surface area contributed by atoms with Gasteiger partial charge < -0.3 is 10.5 Å². The molecule has 0 aliphatic carbocycles. The fourth-order valence-corrected chi connectivity index (χ4v) is 2.19. The molecule has 0 atom stereocenters. The van der Waals surface area contributed by atoms with Gasteiger partial charge in [0.15, 0.2) is 11.5 Å². The van der Waals surface area contributed by atoms with Gasteiger partial charge in [-0.15, -0.1) is 0 Å². The number of carbonyl (C=O) groups excluding carboxylic acids is 3. The molecule has 3 N–H and O–H groups in total. The molecule has 0 fully saturated rings. The zero-order valence-electron chi connectivity index (χ0n) is 14.0. The summed E-state index contributed by atoms with van der Waals surface area (Å²) < 4.78 is 6.59. The molecule has 1 aromatic heterocycles. The third kappa shape index (κ3) is 4.09. The van der Waals surface area contributed by atoms with Gasteiger partial charge in [0.1, 0.15) is 5.60 Å². The Labute approximate surface area is 138 Å². The minimum Gasteiger partial charge on any atom is -0.444 e. The first-order valence-corrected chi connectivity index (χ1v) is 7.36. The van der Waals surface area contributed by atoms with Gasteiger partial charge in [-0.05, 0) is 45.9 Å². The van der Waals surface area contributed by atoms with Crippen molar-refractivity contribution in [2.45, 2.75) is 39.8 Å². The van der Waals surface area contributed by atoms with Crippen molar-refractivity contribution < 1.29 is 19.1 Å². The number of primary amides is 1. The fraction of sp³-hybridized carbons (Fsp3) is 0.375. The van der Waals surface area contributed by atoms with Crippen molar-refractivity contribution >= 4 is 34.4 Å². The third-order valence-electron chi connectivity index (χ3n) is 3.00. The van der Waals surface area contributed by atoms with Crippen LogP contribution in [0.2, 0.25) is 0 Å². The second-order valence-corrected chi connectivity index (χ2v) is 6.43. The van der Waals surface area contributed by atoms with Gasteiger partial charge in [-0.2, -0.15) is 5.10 Å². The van der Waals surface area contributed by atoms with Crippen LogP contribution < -0.4 is 11.1 Å². The molecular weight excluding hydrogens is 312 g/mol. The number of hydrogen-bond acceptors (Lipinski definition) is 5. The molecule has 1 heterocycles. The van der Waals surface area contributed by atoms with E-state index in [0.717, 1.165) is 0 Å². The molecule has 0 aliphatic heterocycles. The Kier molecular flexibility index (Phi) is 4.59. The number of rotatable bonds is 4. The van der Waals surface area contributed by atoms with Crippen molar-refractivity contribution in [3.8, 4) is 0 Å². The number of amides is 2. The first-order chi connectivity index (χ1) is 11.1. The zero-order chi connectivity index (χ0) is 18.1. The van der Waals surface area contributed by atoms with Crippen LogP contribution in [0.5, 0.6) is 0 Å². The van der Waals surface area contributed by atoms with E-state index in [1.165, 1.54) is 11.6 Å². The maximum absolute atomic E-state index is 11.8. The second-order valence-electron chi connectivity index (χ2n) is 6.43. The summed E-state index contributed by atoms with van der Waals surface area (Å²) in [6.07, 6.45) is -0.612. The van der Waals surface area contributed by atoms with Crippen LogP contribution in [0.3, 0.4) is 0 Å². The van der Waals surface area contributed by atoms with Crippen LogP contribution in [0, 0.1) is 0 Å². The number of Topliss-reactive ketones (excluding diaryl/α,β-unsaturated/α-hetero) is 1. The summed E-state index contributed by atoms with van der Waals surface area (Å²) in [5, 5.41) is 7.13. The van der Waals surface area contributed by atoms with E-state index in [2.05, 4.69) is 10.4 Å². The average Bonchev–Trinajstić information content (AvgIpc) is 2.74. The molecule has 128 valence electrons. The number of ketones is 1. The number of nitrogens with zero attached hydrogens (tertiary/aromatic N) is 2. The molecule has 0 saturated carbocycles. The summed E-state index contributed by atoms with van der Waals surface area (Å²) in [6.45, 7) is 6.73. The molecule has 2 amide bonds. The molecule has 0 unspecified atom stereocenters. The van der Waals surface area contributed by atoms with E-state index in [-0.39, 0.29) is 18.0 Å². The van der Waals surface area contributed by atoms with Crippen LogP contribution in [-0.2, 0) is 16.1 Å². The fourth-order valence-electron chi connectivity index (χ4n) is 2.19. The summed E-state index contributed by atoms with van der Waals surface area (Å²) in [7, 11) is 0. The van der Waals surface area contributed by atoms with Crippen LogP contribution in [0.25, 0.3) is 10.9 Å². The Morgan fingerprint density at radius 3 is 2.50 bits per heavy atom. The number of nitrogens with two attached hydrogens (primary N) is 1. The van der Waals surface area contributed by atoms with E-state index < -0.39 is 17.6 Å². The molecule has 8 nitrogen and oxygen atoms in total. The number of hydrogen-bond donors (Lipinski definition) is 2. The van der Waals surface area contributed by atoms with Crippen molar-refractivity contribution in [3.63, 3.8) is 0 Å². The van der Waals surface area contributed by atoms with Gasteiger partial charge in [0.05, 0.1) is 12.1 Å². The highest BCUT2D eigenvalue weighted by Gasteiger charge is 2.19. The number of benzene rings is 1. The molecule has 0 saturated heterocycles. The van der Waals surface area contributed by atoms with E-state index in [1.807, 2.05) is 0 Å². The molecular formula is C16H20N4O4. The predicted molar refractivity (Wildman–Crippen MR) is 88.8 cm³/mol. The number of carbonyl (C=O) groups is 3. The Balaban J connectivity index is 2.39. The number of nitrogens with one attached hydrogen (secondary N) is 1. The minimum absolute atomic E-state index is 0.0304. The van der Waals surface area contributed by atoms with E-state index in [1.54, 1.807) is 39.0 Å². The topological polar surface area (TPSA) is 116 Å². The van der Waals surface area contributed by atoms with E-state index in [9.17, 15) is 14.4 Å². The van der Waals surface area contributed by atoms with Crippen LogP contribution in [0.4, 0.5) is 10.5 Å². The van der Waals surface area contributed by atoms with E-state index >= 15 is 0 Å². The summed E-state index contributed by atoms with van der Waals surface area (Å²) in [5.41, 5.74) is 5.77. The molecule has 0 radical (unpaired) electrons. The van der Waals surface area contributed by atoms with Crippen molar-refractivity contribution in [3.05, 3.63) is 23.9 Å². The van der Waals surface area contributed by atoms with Crippen molar-refractivity contribution in [2.75, 3.05) is 5.32 Å². The molecule has 2 rings (SSSR count). The molecule has 8 heteroatoms. The Hall–Kier alpha value is -2.90. The SMILES string of the molecule is CC(=O)Cn1nc(C(N)=O)c2cc(NC(=O)OC(C)(C)C)ccc21. The van der Waals surface area contributed by atoms with Crippen molar-refractivity contribution in [1.82, 2.24) is 9.78 Å². The Bertz CT molecular complexity index is 817. The lowest BCUT2D eigenvalue weighted by molar-refractivity contribution is -0.117. The summed E-state index contributed by atoms with van der Waals surface area (Å²) in [4.78, 5) is 34.8. The standard InChI is InChI=1S/C16H20N4O4/c1-9(21)8-20-12-6-5-10(18-15(23)24-16(2,3)4)7-11(12)13(19-20)14(17)22/h5-7H,8H2,1-4H3,(H2,17,22)(H,18,23). The minimum atomic E-state index is -0.711.